The molecule has 0 aliphatic heterocycles. The third-order valence-electron chi connectivity index (χ3n) is 7.13. The molecule has 4 aliphatic carbocycles. The van der Waals surface area contributed by atoms with E-state index < -0.39 is 10.0 Å². The van der Waals surface area contributed by atoms with E-state index in [1.165, 1.54) is 54.1 Å². The number of amides is 1. The summed E-state index contributed by atoms with van der Waals surface area (Å²) < 4.78 is 33.2. The second-order valence-corrected chi connectivity index (χ2v) is 11.9. The van der Waals surface area contributed by atoms with Gasteiger partial charge >= 0.3 is 0 Å². The van der Waals surface area contributed by atoms with Crippen LogP contribution in [0, 0.1) is 17.8 Å². The number of sulfonamides is 1. The summed E-state index contributed by atoms with van der Waals surface area (Å²) >= 11 is 5.93. The number of carbonyl (C=O) groups is 1. The summed E-state index contributed by atoms with van der Waals surface area (Å²) in [7, 11) is -3.90. The maximum atomic E-state index is 13.3. The molecule has 1 aromatic carbocycles. The lowest BCUT2D eigenvalue weighted by molar-refractivity contribution is -0.127. The zero-order valence-electron chi connectivity index (χ0n) is 17.3. The van der Waals surface area contributed by atoms with Gasteiger partial charge in [-0.1, -0.05) is 11.6 Å². The molecule has 1 N–H and O–H groups in total. The van der Waals surface area contributed by atoms with Crippen LogP contribution in [0.2, 0.25) is 5.02 Å². The minimum Gasteiger partial charge on any atom is -0.468 e. The van der Waals surface area contributed by atoms with Gasteiger partial charge in [-0.15, -0.1) is 0 Å². The van der Waals surface area contributed by atoms with Gasteiger partial charge in [-0.3, -0.25) is 4.79 Å². The zero-order chi connectivity index (χ0) is 21.6. The quantitative estimate of drug-likeness (QED) is 0.668. The van der Waals surface area contributed by atoms with Crippen molar-refractivity contribution < 1.29 is 17.6 Å². The molecular formula is C23H27ClN2O4S. The first-order chi connectivity index (χ1) is 14.8. The molecule has 31 heavy (non-hydrogen) atoms. The maximum Gasteiger partial charge on any atom is 0.243 e. The Morgan fingerprint density at radius 3 is 2.23 bits per heavy atom. The van der Waals surface area contributed by atoms with Crippen LogP contribution in [-0.4, -0.2) is 30.7 Å². The van der Waals surface area contributed by atoms with Crippen molar-refractivity contribution in [3.63, 3.8) is 0 Å². The number of hydrogen-bond donors (Lipinski definition) is 1. The van der Waals surface area contributed by atoms with Crippen molar-refractivity contribution in [3.05, 3.63) is 53.4 Å². The highest BCUT2D eigenvalue weighted by molar-refractivity contribution is 7.89. The average Bonchev–Trinajstić information content (AvgIpc) is 3.19. The van der Waals surface area contributed by atoms with Gasteiger partial charge in [-0.2, -0.15) is 4.31 Å². The van der Waals surface area contributed by atoms with Crippen LogP contribution in [0.4, 0.5) is 0 Å². The molecule has 166 valence electrons. The number of carbonyl (C=O) groups excluding carboxylic acids is 1. The van der Waals surface area contributed by atoms with E-state index in [1.807, 2.05) is 0 Å². The predicted molar refractivity (Wildman–Crippen MR) is 117 cm³/mol. The first-order valence-electron chi connectivity index (χ1n) is 10.9. The summed E-state index contributed by atoms with van der Waals surface area (Å²) in [4.78, 5) is 13.2. The molecule has 0 saturated heterocycles. The highest BCUT2D eigenvalue weighted by atomic mass is 35.5. The maximum absolute atomic E-state index is 13.3. The molecule has 0 atom stereocenters. The minimum atomic E-state index is -3.90. The summed E-state index contributed by atoms with van der Waals surface area (Å²) in [6, 6.07) is 9.41. The van der Waals surface area contributed by atoms with Crippen LogP contribution in [0.1, 0.15) is 44.3 Å². The number of nitrogens with zero attached hydrogens (tertiary/aromatic N) is 1. The smallest absolute Gasteiger partial charge is 0.243 e. The molecule has 8 heteroatoms. The molecule has 4 saturated carbocycles. The van der Waals surface area contributed by atoms with Gasteiger partial charge < -0.3 is 9.73 Å². The fraction of sp³-hybridized carbons (Fsp3) is 0.522. The van der Waals surface area contributed by atoms with E-state index in [4.69, 9.17) is 16.0 Å². The Morgan fingerprint density at radius 1 is 1.06 bits per heavy atom. The van der Waals surface area contributed by atoms with Crippen LogP contribution in [0.25, 0.3) is 0 Å². The van der Waals surface area contributed by atoms with Gasteiger partial charge in [0.2, 0.25) is 15.9 Å². The van der Waals surface area contributed by atoms with Gasteiger partial charge in [0.15, 0.2) is 0 Å². The third kappa shape index (κ3) is 4.28. The summed E-state index contributed by atoms with van der Waals surface area (Å²) in [5, 5.41) is 3.73. The van der Waals surface area contributed by atoms with Gasteiger partial charge in [0, 0.05) is 10.6 Å². The third-order valence-corrected chi connectivity index (χ3v) is 9.18. The molecule has 0 spiro atoms. The van der Waals surface area contributed by atoms with Crippen LogP contribution in [-0.2, 0) is 21.4 Å². The predicted octanol–water partition coefficient (Wildman–Crippen LogP) is 4.21. The second-order valence-electron chi connectivity index (χ2n) is 9.55. The van der Waals surface area contributed by atoms with E-state index in [0.29, 0.717) is 28.5 Å². The molecule has 4 fully saturated rings. The van der Waals surface area contributed by atoms with Crippen molar-refractivity contribution in [2.75, 3.05) is 6.54 Å². The van der Waals surface area contributed by atoms with Gasteiger partial charge in [0.25, 0.3) is 0 Å². The summed E-state index contributed by atoms with van der Waals surface area (Å²) in [5.74, 6) is 2.34. The van der Waals surface area contributed by atoms with E-state index in [2.05, 4.69) is 5.32 Å². The van der Waals surface area contributed by atoms with Crippen LogP contribution < -0.4 is 5.32 Å². The normalized spacial score (nSPS) is 29.4. The van der Waals surface area contributed by atoms with Crippen LogP contribution in [0.5, 0.6) is 0 Å². The van der Waals surface area contributed by atoms with E-state index in [1.54, 1.807) is 12.1 Å². The van der Waals surface area contributed by atoms with Crippen LogP contribution in [0.3, 0.4) is 0 Å². The summed E-state index contributed by atoms with van der Waals surface area (Å²) in [6.07, 6.45) is 8.41. The topological polar surface area (TPSA) is 79.6 Å². The van der Waals surface area contributed by atoms with E-state index >= 15 is 0 Å². The second kappa shape index (κ2) is 7.94. The monoisotopic (exact) mass is 462 g/mol. The Morgan fingerprint density at radius 2 is 1.68 bits per heavy atom. The first kappa shape index (κ1) is 21.0. The molecule has 1 heterocycles. The average molecular weight is 463 g/mol. The molecular weight excluding hydrogens is 436 g/mol. The van der Waals surface area contributed by atoms with E-state index in [-0.39, 0.29) is 29.4 Å². The molecule has 2 aromatic rings. The standard InChI is InChI=1S/C23H27ClN2O4S/c24-19-3-5-21(6-4-19)31(28,29)26(14-20-2-1-7-30-20)15-22(27)25-23-11-16-8-17(12-23)10-18(9-16)13-23/h1-7,16-18H,8-15H2,(H,25,27). The number of furan rings is 1. The Kier molecular flexibility index (Phi) is 5.39. The van der Waals surface area contributed by atoms with Crippen molar-refractivity contribution >= 4 is 27.5 Å². The van der Waals surface area contributed by atoms with Crippen LogP contribution in [0.15, 0.2) is 52.0 Å². The van der Waals surface area contributed by atoms with Crippen molar-refractivity contribution in [2.24, 2.45) is 17.8 Å². The first-order valence-corrected chi connectivity index (χ1v) is 12.7. The Labute approximate surface area is 188 Å². The van der Waals surface area contributed by atoms with Crippen molar-refractivity contribution in [2.45, 2.75) is 55.5 Å². The number of nitrogens with one attached hydrogen (secondary N) is 1. The number of halogens is 1. The Balaban J connectivity index is 1.36. The Hall–Kier alpha value is -1.83. The van der Waals surface area contributed by atoms with Gasteiger partial charge in [0.1, 0.15) is 5.76 Å². The van der Waals surface area contributed by atoms with Crippen molar-refractivity contribution in [1.29, 1.82) is 0 Å². The lowest BCUT2D eigenvalue weighted by Crippen LogP contribution is -2.61. The van der Waals surface area contributed by atoms with Crippen molar-refractivity contribution in [3.8, 4) is 0 Å². The van der Waals surface area contributed by atoms with E-state index in [9.17, 15) is 13.2 Å². The van der Waals surface area contributed by atoms with E-state index in [0.717, 1.165) is 19.3 Å². The summed E-state index contributed by atoms with van der Waals surface area (Å²) in [5.41, 5.74) is -0.160. The molecule has 6 nitrogen and oxygen atoms in total. The lowest BCUT2D eigenvalue weighted by atomic mass is 9.53. The largest absolute Gasteiger partial charge is 0.468 e. The van der Waals surface area contributed by atoms with Crippen LogP contribution >= 0.6 is 11.6 Å². The number of hydrogen-bond acceptors (Lipinski definition) is 4. The molecule has 4 aliphatic rings. The highest BCUT2D eigenvalue weighted by Crippen LogP contribution is 2.55. The van der Waals surface area contributed by atoms with Gasteiger partial charge in [0.05, 0.1) is 24.2 Å². The SMILES string of the molecule is O=C(CN(Cc1ccco1)S(=O)(=O)c1ccc(Cl)cc1)NC12CC3CC(CC(C3)C1)C2. The molecule has 1 aromatic heterocycles. The number of rotatable bonds is 7. The van der Waals surface area contributed by atoms with Gasteiger partial charge in [-0.05, 0) is 92.7 Å². The fourth-order valence-electron chi connectivity index (χ4n) is 6.32. The fourth-order valence-corrected chi connectivity index (χ4v) is 7.81. The zero-order valence-corrected chi connectivity index (χ0v) is 18.9. The summed E-state index contributed by atoms with van der Waals surface area (Å²) in [6.45, 7) is -0.250. The molecule has 0 radical (unpaired) electrons. The highest BCUT2D eigenvalue weighted by Gasteiger charge is 2.51. The lowest BCUT2D eigenvalue weighted by Gasteiger charge is -2.57. The molecule has 0 unspecified atom stereocenters. The molecule has 4 bridgehead atoms. The Bertz CT molecular complexity index is 1010. The van der Waals surface area contributed by atoms with Gasteiger partial charge in [-0.25, -0.2) is 8.42 Å². The minimum absolute atomic E-state index is 0.00768. The molecule has 1 amide bonds. The number of benzene rings is 1. The molecule has 6 rings (SSSR count). The van der Waals surface area contributed by atoms with Crippen molar-refractivity contribution in [1.82, 2.24) is 9.62 Å².